The second kappa shape index (κ2) is 6.29. The van der Waals surface area contributed by atoms with E-state index in [-0.39, 0.29) is 11.0 Å². The first-order valence-electron chi connectivity index (χ1n) is 5.68. The molecule has 0 radical (unpaired) electrons. The van der Waals surface area contributed by atoms with Gasteiger partial charge >= 0.3 is 0 Å². The average molecular weight is 296 g/mol. The molecule has 7 heteroatoms. The van der Waals surface area contributed by atoms with E-state index in [0.29, 0.717) is 29.8 Å². The molecule has 0 saturated heterocycles. The average Bonchev–Trinajstić information content (AvgIpc) is 2.45. The van der Waals surface area contributed by atoms with Crippen molar-refractivity contribution in [3.63, 3.8) is 0 Å². The van der Waals surface area contributed by atoms with Crippen molar-refractivity contribution in [2.45, 2.75) is 6.54 Å². The highest BCUT2D eigenvalue weighted by molar-refractivity contribution is 6.31. The third-order valence-corrected chi connectivity index (χ3v) is 2.84. The van der Waals surface area contributed by atoms with Crippen molar-refractivity contribution < 1.29 is 13.9 Å². The summed E-state index contributed by atoms with van der Waals surface area (Å²) in [6.45, 7) is 0.317. The fourth-order valence-corrected chi connectivity index (χ4v) is 1.73. The van der Waals surface area contributed by atoms with Crippen LogP contribution in [0.3, 0.4) is 0 Å². The van der Waals surface area contributed by atoms with Crippen molar-refractivity contribution in [1.29, 1.82) is 0 Å². The van der Waals surface area contributed by atoms with E-state index in [1.807, 2.05) is 0 Å². The highest BCUT2D eigenvalue weighted by atomic mass is 35.5. The fraction of sp³-hybridized carbons (Fsp3) is 0.154. The third kappa shape index (κ3) is 3.21. The molecule has 0 aliphatic heterocycles. The highest BCUT2D eigenvalue weighted by Crippen LogP contribution is 2.17. The first-order chi connectivity index (χ1) is 9.63. The topological polar surface area (TPSA) is 64.1 Å². The van der Waals surface area contributed by atoms with E-state index < -0.39 is 5.82 Å². The summed E-state index contributed by atoms with van der Waals surface area (Å²) in [5, 5.41) is 3.07. The van der Waals surface area contributed by atoms with Crippen molar-refractivity contribution in [3.05, 3.63) is 46.5 Å². The number of aldehydes is 1. The van der Waals surface area contributed by atoms with Gasteiger partial charge < -0.3 is 10.1 Å². The predicted molar refractivity (Wildman–Crippen MR) is 72.7 cm³/mol. The van der Waals surface area contributed by atoms with Gasteiger partial charge in [0.05, 0.1) is 12.7 Å². The number of carbonyl (C=O) groups is 1. The number of halogens is 2. The lowest BCUT2D eigenvalue weighted by Crippen LogP contribution is -2.04. The van der Waals surface area contributed by atoms with Crippen LogP contribution in [0.15, 0.2) is 24.4 Å². The van der Waals surface area contributed by atoms with Gasteiger partial charge in [-0.2, -0.15) is 0 Å². The fourth-order valence-electron chi connectivity index (χ4n) is 1.54. The van der Waals surface area contributed by atoms with Crippen LogP contribution in [0.4, 0.5) is 10.2 Å². The molecule has 0 atom stereocenters. The maximum absolute atomic E-state index is 13.4. The van der Waals surface area contributed by atoms with Gasteiger partial charge in [0.2, 0.25) is 5.88 Å². The standard InChI is InChI=1S/C13H11ClFN3O2/c1-20-13-10(15)4-8(6-17-13)5-16-11-3-2-9(7-19)12(14)18-11/h2-4,6-7H,5H2,1H3,(H,16,18). The summed E-state index contributed by atoms with van der Waals surface area (Å²) in [6, 6.07) is 4.49. The summed E-state index contributed by atoms with van der Waals surface area (Å²) in [5.41, 5.74) is 0.940. The first kappa shape index (κ1) is 14.2. The lowest BCUT2D eigenvalue weighted by molar-refractivity contribution is 0.112. The molecule has 0 aromatic carbocycles. The zero-order valence-electron chi connectivity index (χ0n) is 10.6. The number of anilines is 1. The quantitative estimate of drug-likeness (QED) is 0.679. The summed E-state index contributed by atoms with van der Waals surface area (Å²) in [6.07, 6.45) is 2.12. The molecule has 5 nitrogen and oxygen atoms in total. The van der Waals surface area contributed by atoms with Gasteiger partial charge in [-0.15, -0.1) is 0 Å². The van der Waals surface area contributed by atoms with E-state index >= 15 is 0 Å². The number of pyridine rings is 2. The Morgan fingerprint density at radius 3 is 2.90 bits per heavy atom. The van der Waals surface area contributed by atoms with Crippen LogP contribution in [0.5, 0.6) is 5.88 Å². The Bertz CT molecular complexity index is 637. The molecule has 2 aromatic heterocycles. The summed E-state index contributed by atoms with van der Waals surface area (Å²) < 4.78 is 18.2. The molecule has 20 heavy (non-hydrogen) atoms. The van der Waals surface area contributed by atoms with Crippen LogP contribution in [0, 0.1) is 5.82 Å². The van der Waals surface area contributed by atoms with Crippen molar-refractivity contribution in [3.8, 4) is 5.88 Å². The van der Waals surface area contributed by atoms with Gasteiger partial charge in [0, 0.05) is 12.7 Å². The molecule has 2 aromatic rings. The Kier molecular flexibility index (Phi) is 4.47. The SMILES string of the molecule is COc1ncc(CNc2ccc(C=O)c(Cl)n2)cc1F. The lowest BCUT2D eigenvalue weighted by atomic mass is 10.2. The van der Waals surface area contributed by atoms with Crippen LogP contribution < -0.4 is 10.1 Å². The van der Waals surface area contributed by atoms with Gasteiger partial charge in [0.15, 0.2) is 12.1 Å². The summed E-state index contributed by atoms with van der Waals surface area (Å²) >= 11 is 5.80. The van der Waals surface area contributed by atoms with Crippen LogP contribution in [-0.4, -0.2) is 23.4 Å². The second-order valence-corrected chi connectivity index (χ2v) is 4.24. The van der Waals surface area contributed by atoms with Crippen molar-refractivity contribution in [1.82, 2.24) is 9.97 Å². The Morgan fingerprint density at radius 1 is 1.50 bits per heavy atom. The monoisotopic (exact) mass is 295 g/mol. The number of nitrogens with one attached hydrogen (secondary N) is 1. The molecule has 0 fully saturated rings. The zero-order chi connectivity index (χ0) is 14.5. The van der Waals surface area contributed by atoms with E-state index in [4.69, 9.17) is 16.3 Å². The van der Waals surface area contributed by atoms with Gasteiger partial charge in [-0.25, -0.2) is 14.4 Å². The number of hydrogen-bond acceptors (Lipinski definition) is 5. The number of carbonyl (C=O) groups excluding carboxylic acids is 1. The van der Waals surface area contributed by atoms with Crippen LogP contribution in [-0.2, 0) is 6.54 Å². The van der Waals surface area contributed by atoms with Gasteiger partial charge in [-0.1, -0.05) is 11.6 Å². The summed E-state index contributed by atoms with van der Waals surface area (Å²) in [5.74, 6) is -0.101. The summed E-state index contributed by atoms with van der Waals surface area (Å²) in [4.78, 5) is 18.4. The van der Waals surface area contributed by atoms with E-state index in [1.54, 1.807) is 12.1 Å². The number of rotatable bonds is 5. The molecule has 0 spiro atoms. The second-order valence-electron chi connectivity index (χ2n) is 3.88. The maximum Gasteiger partial charge on any atom is 0.250 e. The number of nitrogens with zero attached hydrogens (tertiary/aromatic N) is 2. The highest BCUT2D eigenvalue weighted by Gasteiger charge is 2.06. The largest absolute Gasteiger partial charge is 0.479 e. The van der Waals surface area contributed by atoms with E-state index in [0.717, 1.165) is 0 Å². The van der Waals surface area contributed by atoms with E-state index in [1.165, 1.54) is 19.4 Å². The Labute approximate surface area is 119 Å². The molecule has 0 bridgehead atoms. The Balaban J connectivity index is 2.07. The molecule has 2 heterocycles. The van der Waals surface area contributed by atoms with Gasteiger partial charge in [-0.05, 0) is 23.8 Å². The van der Waals surface area contributed by atoms with Crippen LogP contribution in [0.2, 0.25) is 5.15 Å². The van der Waals surface area contributed by atoms with Gasteiger partial charge in [0.1, 0.15) is 11.0 Å². The zero-order valence-corrected chi connectivity index (χ0v) is 11.3. The third-order valence-electron chi connectivity index (χ3n) is 2.54. The number of aromatic nitrogens is 2. The van der Waals surface area contributed by atoms with E-state index in [9.17, 15) is 9.18 Å². The van der Waals surface area contributed by atoms with Crippen LogP contribution >= 0.6 is 11.6 Å². The lowest BCUT2D eigenvalue weighted by Gasteiger charge is -2.07. The summed E-state index contributed by atoms with van der Waals surface area (Å²) in [7, 11) is 1.35. The smallest absolute Gasteiger partial charge is 0.250 e. The molecular weight excluding hydrogens is 285 g/mol. The minimum Gasteiger partial charge on any atom is -0.479 e. The van der Waals surface area contributed by atoms with Crippen LogP contribution in [0.25, 0.3) is 0 Å². The van der Waals surface area contributed by atoms with E-state index in [2.05, 4.69) is 15.3 Å². The van der Waals surface area contributed by atoms with Crippen LogP contribution in [0.1, 0.15) is 15.9 Å². The Morgan fingerprint density at radius 2 is 2.30 bits per heavy atom. The molecule has 1 N–H and O–H groups in total. The molecular formula is C13H11ClFN3O2. The van der Waals surface area contributed by atoms with Crippen molar-refractivity contribution in [2.24, 2.45) is 0 Å². The number of methoxy groups -OCH3 is 1. The van der Waals surface area contributed by atoms with Crippen molar-refractivity contribution >= 4 is 23.7 Å². The maximum atomic E-state index is 13.4. The number of hydrogen-bond donors (Lipinski definition) is 1. The molecule has 0 aliphatic rings. The molecule has 104 valence electrons. The molecule has 0 aliphatic carbocycles. The van der Waals surface area contributed by atoms with Gasteiger partial charge in [0.25, 0.3) is 0 Å². The van der Waals surface area contributed by atoms with Gasteiger partial charge in [-0.3, -0.25) is 4.79 Å². The minimum atomic E-state index is -0.533. The number of ether oxygens (including phenoxy) is 1. The van der Waals surface area contributed by atoms with Crippen molar-refractivity contribution in [2.75, 3.05) is 12.4 Å². The Hall–Kier alpha value is -2.21. The molecule has 0 unspecified atom stereocenters. The predicted octanol–water partition coefficient (Wildman–Crippen LogP) is 2.70. The normalized spacial score (nSPS) is 10.2. The molecule has 0 saturated carbocycles. The molecule has 0 amide bonds. The first-order valence-corrected chi connectivity index (χ1v) is 6.06. The molecule has 2 rings (SSSR count). The minimum absolute atomic E-state index is 0.0507.